The third-order valence-corrected chi connectivity index (χ3v) is 16.4. The van der Waals surface area contributed by atoms with E-state index in [1.54, 1.807) is 0 Å². The minimum absolute atomic E-state index is 0.141. The molecule has 0 bridgehead atoms. The molecular weight excluding hydrogens is 849 g/mol. The van der Waals surface area contributed by atoms with Gasteiger partial charge in [0.05, 0.1) is 15.9 Å². The van der Waals surface area contributed by atoms with E-state index in [0.29, 0.717) is 0 Å². The molecule has 2 heterocycles. The number of hydrogen-bond acceptors (Lipinski definition) is 3. The van der Waals surface area contributed by atoms with Crippen LogP contribution in [0.5, 0.6) is 0 Å². The second-order valence-electron chi connectivity index (χ2n) is 18.1. The number of hydrogen-bond donors (Lipinski definition) is 0. The van der Waals surface area contributed by atoms with Crippen molar-refractivity contribution in [2.75, 3.05) is 4.90 Å². The second-order valence-corrected chi connectivity index (χ2v) is 20.2. The number of aromatic nitrogens is 1. The lowest BCUT2D eigenvalue weighted by molar-refractivity contribution is 0.666. The van der Waals surface area contributed by atoms with Gasteiger partial charge in [-0.2, -0.15) is 0 Å². The molecule has 0 unspecified atom stereocenters. The highest BCUT2D eigenvalue weighted by Crippen LogP contribution is 2.57. The van der Waals surface area contributed by atoms with E-state index in [4.69, 9.17) is 0 Å². The van der Waals surface area contributed by atoms with Gasteiger partial charge in [0.15, 0.2) is 0 Å². The van der Waals surface area contributed by atoms with Crippen LogP contribution in [0.1, 0.15) is 25.0 Å². The number of benzene rings is 10. The maximum Gasteiger partial charge on any atom is 0.0692 e. The van der Waals surface area contributed by atoms with E-state index in [2.05, 4.69) is 254 Å². The lowest BCUT2D eigenvalue weighted by Crippen LogP contribution is -2.15. The molecule has 0 N–H and O–H groups in total. The molecule has 0 atom stereocenters. The zero-order chi connectivity index (χ0) is 44.6. The smallest absolute Gasteiger partial charge is 0.0692 e. The molecule has 13 rings (SSSR count). The van der Waals surface area contributed by atoms with Gasteiger partial charge in [-0.3, -0.25) is 0 Å². The van der Waals surface area contributed by atoms with Gasteiger partial charge >= 0.3 is 0 Å². The molecule has 0 saturated carbocycles. The third-order valence-electron chi connectivity index (χ3n) is 13.9. The zero-order valence-electron chi connectivity index (χ0n) is 37.2. The Labute approximate surface area is 400 Å². The van der Waals surface area contributed by atoms with E-state index in [9.17, 15) is 0 Å². The molecule has 1 aliphatic heterocycles. The van der Waals surface area contributed by atoms with Gasteiger partial charge in [-0.15, -0.1) is 0 Å². The van der Waals surface area contributed by atoms with Crippen LogP contribution in [0.4, 0.5) is 17.1 Å². The number of nitrogens with zero attached hydrogens (tertiary/aromatic N) is 2. The maximum absolute atomic E-state index is 2.54. The highest BCUT2D eigenvalue weighted by Gasteiger charge is 2.38. The summed E-state index contributed by atoms with van der Waals surface area (Å²) in [4.78, 5) is 7.62. The van der Waals surface area contributed by atoms with Crippen molar-refractivity contribution in [1.82, 2.24) is 4.57 Å². The van der Waals surface area contributed by atoms with Crippen molar-refractivity contribution in [3.8, 4) is 50.2 Å². The largest absolute Gasteiger partial charge is 0.311 e. The van der Waals surface area contributed by atoms with Crippen molar-refractivity contribution in [1.29, 1.82) is 0 Å². The fraction of sp³-hybridized carbons (Fsp3) is 0.0476. The average molecular weight is 893 g/mol. The predicted molar refractivity (Wildman–Crippen MR) is 284 cm³/mol. The van der Waals surface area contributed by atoms with Crippen LogP contribution >= 0.6 is 23.5 Å². The Morgan fingerprint density at radius 2 is 0.866 bits per heavy atom. The Morgan fingerprint density at radius 3 is 1.43 bits per heavy atom. The molecule has 318 valence electrons. The summed E-state index contributed by atoms with van der Waals surface area (Å²) < 4.78 is 2.54. The van der Waals surface area contributed by atoms with Crippen LogP contribution in [0.3, 0.4) is 0 Å². The molecule has 4 heteroatoms. The Hall–Kier alpha value is -7.50. The summed E-state index contributed by atoms with van der Waals surface area (Å²) in [5.41, 5.74) is 19.6. The van der Waals surface area contributed by atoms with Crippen LogP contribution in [0.2, 0.25) is 0 Å². The van der Waals surface area contributed by atoms with Crippen LogP contribution < -0.4 is 4.90 Å². The van der Waals surface area contributed by atoms with Crippen molar-refractivity contribution in [3.63, 3.8) is 0 Å². The van der Waals surface area contributed by atoms with Crippen LogP contribution in [-0.2, 0) is 5.41 Å². The first-order valence-corrected chi connectivity index (χ1v) is 24.6. The molecule has 2 nitrogen and oxygen atoms in total. The van der Waals surface area contributed by atoms with E-state index in [0.717, 1.165) is 22.7 Å². The first kappa shape index (κ1) is 39.8. The van der Waals surface area contributed by atoms with Gasteiger partial charge < -0.3 is 9.47 Å². The van der Waals surface area contributed by atoms with Gasteiger partial charge in [-0.05, 0) is 128 Å². The number of rotatable bonds is 7. The van der Waals surface area contributed by atoms with Crippen LogP contribution in [0.15, 0.2) is 250 Å². The monoisotopic (exact) mass is 892 g/mol. The highest BCUT2D eigenvalue weighted by molar-refractivity contribution is 8.05. The van der Waals surface area contributed by atoms with Gasteiger partial charge in [0, 0.05) is 53.6 Å². The molecule has 0 radical (unpaired) electrons. The molecule has 10 aromatic carbocycles. The van der Waals surface area contributed by atoms with Crippen LogP contribution in [-0.4, -0.2) is 4.57 Å². The fourth-order valence-electron chi connectivity index (χ4n) is 10.6. The van der Waals surface area contributed by atoms with Crippen molar-refractivity contribution in [2.45, 2.75) is 38.8 Å². The van der Waals surface area contributed by atoms with Crippen molar-refractivity contribution < 1.29 is 0 Å². The Morgan fingerprint density at radius 1 is 0.388 bits per heavy atom. The molecule has 0 fully saturated rings. The second kappa shape index (κ2) is 15.8. The SMILES string of the molecule is CC1(C)c2ccccc2-c2ccc3c(c21)c1ccc2c(c1n3-c1ccc(-c3ccc(N(c4ccc(-c5ccccc5)cc4)c4ccc(-c5ccccc5)cc4)cc3)cc1)Sc1ccccc1S2. The maximum atomic E-state index is 2.54. The van der Waals surface area contributed by atoms with E-state index in [1.807, 2.05) is 23.5 Å². The van der Waals surface area contributed by atoms with Crippen LogP contribution in [0.25, 0.3) is 72.0 Å². The molecule has 0 spiro atoms. The lowest BCUT2D eigenvalue weighted by atomic mass is 9.80. The predicted octanol–water partition coefficient (Wildman–Crippen LogP) is 18.2. The van der Waals surface area contributed by atoms with Crippen molar-refractivity contribution in [2.24, 2.45) is 0 Å². The summed E-state index contributed by atoms with van der Waals surface area (Å²) in [6.45, 7) is 4.81. The standard InChI is InChI=1S/C63H44N2S2/c1-63(2)54-18-10-9-17-51(54)52-37-39-55-59(60(52)63)53-38-40-58-62(67-57-20-12-11-19-56(57)66-58)61(53)65(55)50-35-27-46(28-36-50)45-25-33-49(34-26-45)64(47-29-21-43(22-30-47)41-13-5-3-6-14-41)48-31-23-44(24-32-48)42-15-7-4-8-16-42/h3-40H,1-2H3. The molecular formula is C63H44N2S2. The summed E-state index contributed by atoms with van der Waals surface area (Å²) in [7, 11) is 0. The van der Waals surface area contributed by atoms with E-state index in [-0.39, 0.29) is 5.41 Å². The summed E-state index contributed by atoms with van der Waals surface area (Å²) in [6, 6.07) is 84.6. The van der Waals surface area contributed by atoms with E-state index < -0.39 is 0 Å². The molecule has 67 heavy (non-hydrogen) atoms. The first-order chi connectivity index (χ1) is 33.0. The Bertz CT molecular complexity index is 3580. The molecule has 1 aromatic heterocycles. The number of fused-ring (bicyclic) bond motifs is 10. The Balaban J connectivity index is 0.895. The van der Waals surface area contributed by atoms with E-state index in [1.165, 1.54) is 97.0 Å². The van der Waals surface area contributed by atoms with E-state index >= 15 is 0 Å². The minimum atomic E-state index is -0.141. The van der Waals surface area contributed by atoms with Crippen LogP contribution in [0, 0.1) is 0 Å². The molecule has 1 aliphatic carbocycles. The van der Waals surface area contributed by atoms with Gasteiger partial charge in [0.2, 0.25) is 0 Å². The summed E-state index contributed by atoms with van der Waals surface area (Å²) >= 11 is 3.80. The van der Waals surface area contributed by atoms with Crippen molar-refractivity contribution >= 4 is 62.4 Å². The summed E-state index contributed by atoms with van der Waals surface area (Å²) in [5, 5.41) is 2.67. The first-order valence-electron chi connectivity index (χ1n) is 23.0. The van der Waals surface area contributed by atoms with Gasteiger partial charge in [0.25, 0.3) is 0 Å². The topological polar surface area (TPSA) is 8.17 Å². The highest BCUT2D eigenvalue weighted by atomic mass is 32.2. The number of anilines is 3. The average Bonchev–Trinajstić information content (AvgIpc) is 3.85. The summed E-state index contributed by atoms with van der Waals surface area (Å²) in [5.74, 6) is 0. The fourth-order valence-corrected chi connectivity index (χ4v) is 13.0. The lowest BCUT2D eigenvalue weighted by Gasteiger charge is -2.26. The third kappa shape index (κ3) is 6.58. The molecule has 2 aliphatic rings. The zero-order valence-corrected chi connectivity index (χ0v) is 38.8. The molecule has 11 aromatic rings. The quantitative estimate of drug-likeness (QED) is 0.158. The Kier molecular flexibility index (Phi) is 9.42. The molecule has 0 saturated heterocycles. The summed E-state index contributed by atoms with van der Waals surface area (Å²) in [6.07, 6.45) is 0. The van der Waals surface area contributed by atoms with Crippen molar-refractivity contribution in [3.05, 3.63) is 242 Å². The molecule has 0 amide bonds. The minimum Gasteiger partial charge on any atom is -0.311 e. The van der Waals surface area contributed by atoms with Gasteiger partial charge in [-0.25, -0.2) is 0 Å². The van der Waals surface area contributed by atoms with Gasteiger partial charge in [0.1, 0.15) is 0 Å². The normalized spacial score (nSPS) is 13.2. The van der Waals surface area contributed by atoms with Gasteiger partial charge in [-0.1, -0.05) is 195 Å².